The van der Waals surface area contributed by atoms with Crippen molar-refractivity contribution in [2.75, 3.05) is 13.1 Å². The van der Waals surface area contributed by atoms with Gasteiger partial charge in [0.05, 0.1) is 0 Å². The van der Waals surface area contributed by atoms with Crippen LogP contribution >= 0.6 is 0 Å². The van der Waals surface area contributed by atoms with E-state index in [9.17, 15) is 4.79 Å². The Morgan fingerprint density at radius 3 is 2.88 bits per heavy atom. The van der Waals surface area contributed by atoms with Gasteiger partial charge in [-0.1, -0.05) is 35.5 Å². The van der Waals surface area contributed by atoms with Crippen molar-refractivity contribution in [2.24, 2.45) is 5.92 Å². The van der Waals surface area contributed by atoms with Crippen LogP contribution in [0.2, 0.25) is 0 Å². The third-order valence-electron chi connectivity index (χ3n) is 5.36. The predicted octanol–water partition coefficient (Wildman–Crippen LogP) is 3.19. The fraction of sp³-hybridized carbons (Fsp3) is 0.500. The molecule has 0 bridgehead atoms. The van der Waals surface area contributed by atoms with Crippen molar-refractivity contribution in [2.45, 2.75) is 44.7 Å². The molecule has 2 heterocycles. The number of nitrogens with one attached hydrogen (secondary N) is 1. The molecule has 1 amide bonds. The number of hydrogen-bond acceptors (Lipinski definition) is 4. The summed E-state index contributed by atoms with van der Waals surface area (Å²) >= 11 is 0. The molecule has 25 heavy (non-hydrogen) atoms. The lowest BCUT2D eigenvalue weighted by Crippen LogP contribution is -2.39. The SMILES string of the molecule is C[C@H](NC(=O)c1cc(C2CC2)on1)[C@H]1CCN(Cc2ccccc2)C1. The fourth-order valence-corrected chi connectivity index (χ4v) is 3.61. The highest BCUT2D eigenvalue weighted by molar-refractivity contribution is 5.92. The van der Waals surface area contributed by atoms with Gasteiger partial charge < -0.3 is 9.84 Å². The van der Waals surface area contributed by atoms with Gasteiger partial charge in [0.1, 0.15) is 5.76 Å². The minimum atomic E-state index is -0.121. The summed E-state index contributed by atoms with van der Waals surface area (Å²) in [5.74, 6) is 1.69. The van der Waals surface area contributed by atoms with E-state index in [1.165, 1.54) is 5.56 Å². The molecule has 1 N–H and O–H groups in total. The Labute approximate surface area is 148 Å². The molecule has 4 rings (SSSR count). The quantitative estimate of drug-likeness (QED) is 0.878. The Morgan fingerprint density at radius 2 is 2.12 bits per heavy atom. The molecular formula is C20H25N3O2. The number of amides is 1. The molecule has 1 saturated carbocycles. The van der Waals surface area contributed by atoms with Crippen molar-refractivity contribution < 1.29 is 9.32 Å². The largest absolute Gasteiger partial charge is 0.360 e. The van der Waals surface area contributed by atoms with Gasteiger partial charge in [0, 0.05) is 31.1 Å². The molecule has 1 aliphatic heterocycles. The minimum absolute atomic E-state index is 0.121. The molecule has 1 saturated heterocycles. The van der Waals surface area contributed by atoms with Gasteiger partial charge in [-0.15, -0.1) is 0 Å². The van der Waals surface area contributed by atoms with Crippen LogP contribution in [0.1, 0.15) is 53.9 Å². The van der Waals surface area contributed by atoms with Gasteiger partial charge in [-0.3, -0.25) is 9.69 Å². The normalized spacial score (nSPS) is 22.0. The standard InChI is InChI=1S/C20H25N3O2/c1-14(21-20(24)18-11-19(25-22-18)16-7-8-16)17-9-10-23(13-17)12-15-5-3-2-4-6-15/h2-6,11,14,16-17H,7-10,12-13H2,1H3,(H,21,24)/t14-,17-/m0/s1. The zero-order chi connectivity index (χ0) is 17.2. The number of carbonyl (C=O) groups excluding carboxylic acids is 1. The molecule has 2 aliphatic rings. The van der Waals surface area contributed by atoms with Gasteiger partial charge in [0.25, 0.3) is 5.91 Å². The molecule has 5 heteroatoms. The van der Waals surface area contributed by atoms with Crippen LogP contribution in [0.15, 0.2) is 40.9 Å². The molecule has 1 aliphatic carbocycles. The van der Waals surface area contributed by atoms with Crippen LogP contribution in [0.4, 0.5) is 0 Å². The van der Waals surface area contributed by atoms with Crippen molar-refractivity contribution >= 4 is 5.91 Å². The van der Waals surface area contributed by atoms with Crippen LogP contribution in [0.25, 0.3) is 0 Å². The third-order valence-corrected chi connectivity index (χ3v) is 5.36. The number of hydrogen-bond donors (Lipinski definition) is 1. The van der Waals surface area contributed by atoms with E-state index in [1.807, 2.05) is 6.07 Å². The minimum Gasteiger partial charge on any atom is -0.360 e. The first-order valence-electron chi connectivity index (χ1n) is 9.23. The average Bonchev–Trinajstić information content (AvgIpc) is 3.16. The van der Waals surface area contributed by atoms with Gasteiger partial charge in [-0.25, -0.2) is 0 Å². The maximum Gasteiger partial charge on any atom is 0.273 e. The highest BCUT2D eigenvalue weighted by Gasteiger charge is 2.31. The van der Waals surface area contributed by atoms with Crippen LogP contribution in [0.5, 0.6) is 0 Å². The second kappa shape index (κ2) is 7.00. The number of carbonyl (C=O) groups is 1. The van der Waals surface area contributed by atoms with Gasteiger partial charge in [0.2, 0.25) is 0 Å². The Hall–Kier alpha value is -2.14. The van der Waals surface area contributed by atoms with Gasteiger partial charge in [-0.2, -0.15) is 0 Å². The molecule has 2 fully saturated rings. The zero-order valence-electron chi connectivity index (χ0n) is 14.6. The monoisotopic (exact) mass is 339 g/mol. The second-order valence-corrected chi connectivity index (χ2v) is 7.42. The van der Waals surface area contributed by atoms with E-state index in [4.69, 9.17) is 4.52 Å². The van der Waals surface area contributed by atoms with E-state index < -0.39 is 0 Å². The van der Waals surface area contributed by atoms with Crippen LogP contribution < -0.4 is 5.32 Å². The molecule has 0 radical (unpaired) electrons. The number of benzene rings is 1. The van der Waals surface area contributed by atoms with Crippen molar-refractivity contribution in [3.63, 3.8) is 0 Å². The van der Waals surface area contributed by atoms with Gasteiger partial charge >= 0.3 is 0 Å². The van der Waals surface area contributed by atoms with E-state index in [0.717, 1.165) is 44.7 Å². The van der Waals surface area contributed by atoms with E-state index in [1.54, 1.807) is 6.07 Å². The highest BCUT2D eigenvalue weighted by Crippen LogP contribution is 2.40. The molecule has 2 atom stereocenters. The van der Waals surface area contributed by atoms with E-state index in [-0.39, 0.29) is 11.9 Å². The van der Waals surface area contributed by atoms with Crippen LogP contribution in [0.3, 0.4) is 0 Å². The lowest BCUT2D eigenvalue weighted by atomic mass is 10.0. The molecule has 0 unspecified atom stereocenters. The molecule has 0 spiro atoms. The van der Waals surface area contributed by atoms with E-state index in [0.29, 0.717) is 17.5 Å². The van der Waals surface area contributed by atoms with E-state index in [2.05, 4.69) is 46.6 Å². The Bertz CT molecular complexity index is 724. The second-order valence-electron chi connectivity index (χ2n) is 7.42. The summed E-state index contributed by atoms with van der Waals surface area (Å²) < 4.78 is 5.28. The first kappa shape index (κ1) is 16.3. The molecule has 2 aromatic rings. The fourth-order valence-electron chi connectivity index (χ4n) is 3.61. The summed E-state index contributed by atoms with van der Waals surface area (Å²) in [5.41, 5.74) is 1.75. The smallest absolute Gasteiger partial charge is 0.273 e. The number of rotatable bonds is 6. The first-order chi connectivity index (χ1) is 12.2. The molecule has 1 aromatic heterocycles. The Balaban J connectivity index is 1.29. The number of nitrogens with zero attached hydrogens (tertiary/aromatic N) is 2. The molecule has 1 aromatic carbocycles. The summed E-state index contributed by atoms with van der Waals surface area (Å²) in [4.78, 5) is 14.9. The summed E-state index contributed by atoms with van der Waals surface area (Å²) in [6.45, 7) is 5.17. The van der Waals surface area contributed by atoms with Crippen LogP contribution in [-0.2, 0) is 6.54 Å². The average molecular weight is 339 g/mol. The van der Waals surface area contributed by atoms with Crippen LogP contribution in [-0.4, -0.2) is 35.1 Å². The van der Waals surface area contributed by atoms with Crippen molar-refractivity contribution in [3.8, 4) is 0 Å². The summed E-state index contributed by atoms with van der Waals surface area (Å²) in [6, 6.07) is 12.5. The van der Waals surface area contributed by atoms with E-state index >= 15 is 0 Å². The maximum absolute atomic E-state index is 12.4. The summed E-state index contributed by atoms with van der Waals surface area (Å²) in [5, 5.41) is 7.04. The summed E-state index contributed by atoms with van der Waals surface area (Å²) in [7, 11) is 0. The van der Waals surface area contributed by atoms with Crippen molar-refractivity contribution in [1.29, 1.82) is 0 Å². The summed E-state index contributed by atoms with van der Waals surface area (Å²) in [6.07, 6.45) is 3.40. The Morgan fingerprint density at radius 1 is 1.32 bits per heavy atom. The third kappa shape index (κ3) is 3.93. The molecule has 5 nitrogen and oxygen atoms in total. The van der Waals surface area contributed by atoms with Crippen molar-refractivity contribution in [1.82, 2.24) is 15.4 Å². The lowest BCUT2D eigenvalue weighted by molar-refractivity contribution is 0.0917. The number of aromatic nitrogens is 1. The maximum atomic E-state index is 12.4. The predicted molar refractivity (Wildman–Crippen MR) is 95.2 cm³/mol. The molecular weight excluding hydrogens is 314 g/mol. The zero-order valence-corrected chi connectivity index (χ0v) is 14.6. The highest BCUT2D eigenvalue weighted by atomic mass is 16.5. The number of likely N-dealkylation sites (tertiary alicyclic amines) is 1. The van der Waals surface area contributed by atoms with Crippen molar-refractivity contribution in [3.05, 3.63) is 53.4 Å². The van der Waals surface area contributed by atoms with Gasteiger partial charge in [-0.05, 0) is 44.2 Å². The first-order valence-corrected chi connectivity index (χ1v) is 9.23. The topological polar surface area (TPSA) is 58.4 Å². The molecule has 132 valence electrons. The van der Waals surface area contributed by atoms with Crippen LogP contribution in [0, 0.1) is 5.92 Å². The lowest BCUT2D eigenvalue weighted by Gasteiger charge is -2.21. The Kier molecular flexibility index (Phi) is 4.57. The van der Waals surface area contributed by atoms with Gasteiger partial charge in [0.15, 0.2) is 5.69 Å².